The standard InChI is InChI=1S/C26H25FN2O2/c1-3-23(30)25-24(18-7-11-19(27)12-8-18)21-6-4-5-15-28-22(16-29(25)26(21)28)17-9-13-20(31-2)14-10-17/h7-14,16H,3-6,15H2,1-2H3. The summed E-state index contributed by atoms with van der Waals surface area (Å²) in [6, 6.07) is 14.6. The molecule has 5 rings (SSSR count). The summed E-state index contributed by atoms with van der Waals surface area (Å²) in [7, 11) is 1.66. The van der Waals surface area contributed by atoms with E-state index in [2.05, 4.69) is 27.3 Å². The number of hydrogen-bond acceptors (Lipinski definition) is 2. The van der Waals surface area contributed by atoms with Crippen molar-refractivity contribution in [2.45, 2.75) is 39.2 Å². The van der Waals surface area contributed by atoms with Crippen molar-refractivity contribution in [3.05, 3.63) is 71.8 Å². The number of halogens is 1. The molecule has 3 heterocycles. The molecular weight excluding hydrogens is 391 g/mol. The van der Waals surface area contributed by atoms with Gasteiger partial charge in [0.25, 0.3) is 0 Å². The van der Waals surface area contributed by atoms with E-state index in [1.807, 2.05) is 19.1 Å². The van der Waals surface area contributed by atoms with E-state index in [4.69, 9.17) is 4.74 Å². The van der Waals surface area contributed by atoms with Crippen LogP contribution in [0.3, 0.4) is 0 Å². The second kappa shape index (κ2) is 7.73. The van der Waals surface area contributed by atoms with Crippen LogP contribution in [-0.4, -0.2) is 21.9 Å². The Balaban J connectivity index is 1.81. The lowest BCUT2D eigenvalue weighted by atomic mass is 9.96. The van der Waals surface area contributed by atoms with E-state index in [0.717, 1.165) is 59.6 Å². The van der Waals surface area contributed by atoms with Crippen LogP contribution in [0.25, 0.3) is 28.0 Å². The van der Waals surface area contributed by atoms with Gasteiger partial charge >= 0.3 is 0 Å². The van der Waals surface area contributed by atoms with E-state index in [0.29, 0.717) is 12.1 Å². The number of Topliss-reactive ketones (excluding diaryl/α,β-unsaturated/α-hetero) is 1. The molecule has 0 fully saturated rings. The van der Waals surface area contributed by atoms with Gasteiger partial charge < -0.3 is 9.30 Å². The molecule has 2 aromatic heterocycles. The molecule has 0 unspecified atom stereocenters. The fourth-order valence-corrected chi connectivity index (χ4v) is 4.75. The summed E-state index contributed by atoms with van der Waals surface area (Å²) in [5.41, 5.74) is 7.01. The SMILES string of the molecule is CCC(=O)c1c(-c2ccc(F)cc2)c2c3n(c(-c4ccc(OC)cc4)cn13)CCCC2. The van der Waals surface area contributed by atoms with Crippen molar-refractivity contribution in [1.29, 1.82) is 0 Å². The summed E-state index contributed by atoms with van der Waals surface area (Å²) >= 11 is 0. The number of rotatable bonds is 5. The van der Waals surface area contributed by atoms with Crippen molar-refractivity contribution in [2.75, 3.05) is 7.11 Å². The third kappa shape index (κ3) is 3.16. The second-order valence-electron chi connectivity index (χ2n) is 8.03. The van der Waals surface area contributed by atoms with Crippen LogP contribution in [0.2, 0.25) is 0 Å². The van der Waals surface area contributed by atoms with E-state index >= 15 is 0 Å². The highest BCUT2D eigenvalue weighted by atomic mass is 19.1. The molecule has 0 saturated heterocycles. The fourth-order valence-electron chi connectivity index (χ4n) is 4.75. The van der Waals surface area contributed by atoms with E-state index in [1.54, 1.807) is 19.2 Å². The van der Waals surface area contributed by atoms with Gasteiger partial charge in [-0.15, -0.1) is 0 Å². The molecule has 0 spiro atoms. The Morgan fingerprint density at radius 3 is 2.42 bits per heavy atom. The van der Waals surface area contributed by atoms with Gasteiger partial charge in [-0.3, -0.25) is 9.20 Å². The smallest absolute Gasteiger partial charge is 0.179 e. The maximum absolute atomic E-state index is 13.6. The van der Waals surface area contributed by atoms with Gasteiger partial charge in [-0.1, -0.05) is 19.1 Å². The molecule has 1 aliphatic heterocycles. The highest BCUT2D eigenvalue weighted by molar-refractivity contribution is 6.04. The van der Waals surface area contributed by atoms with E-state index in [-0.39, 0.29) is 11.6 Å². The topological polar surface area (TPSA) is 35.6 Å². The number of carbonyl (C=O) groups is 1. The van der Waals surface area contributed by atoms with Gasteiger partial charge in [-0.05, 0) is 66.8 Å². The molecule has 0 radical (unpaired) electrons. The Bertz CT molecular complexity index is 1260. The van der Waals surface area contributed by atoms with Gasteiger partial charge in [-0.2, -0.15) is 0 Å². The summed E-state index contributed by atoms with van der Waals surface area (Å²) < 4.78 is 23.3. The molecule has 158 valence electrons. The van der Waals surface area contributed by atoms with Crippen molar-refractivity contribution >= 4 is 11.4 Å². The maximum atomic E-state index is 13.6. The Labute approximate surface area is 180 Å². The summed E-state index contributed by atoms with van der Waals surface area (Å²) in [5.74, 6) is 0.645. The first-order chi connectivity index (χ1) is 15.1. The molecule has 31 heavy (non-hydrogen) atoms. The van der Waals surface area contributed by atoms with Gasteiger partial charge in [0, 0.05) is 30.3 Å². The quantitative estimate of drug-likeness (QED) is 0.366. The van der Waals surface area contributed by atoms with Crippen LogP contribution in [0.15, 0.2) is 54.7 Å². The lowest BCUT2D eigenvalue weighted by Crippen LogP contribution is -2.03. The summed E-state index contributed by atoms with van der Waals surface area (Å²) in [5, 5.41) is 0. The van der Waals surface area contributed by atoms with Gasteiger partial charge in [0.05, 0.1) is 18.5 Å². The Kier molecular flexibility index (Phi) is 4.89. The van der Waals surface area contributed by atoms with Gasteiger partial charge in [0.2, 0.25) is 0 Å². The zero-order chi connectivity index (χ0) is 21.5. The van der Waals surface area contributed by atoms with Crippen molar-refractivity contribution in [1.82, 2.24) is 8.97 Å². The molecule has 4 aromatic rings. The average Bonchev–Trinajstić information content (AvgIpc) is 3.22. The van der Waals surface area contributed by atoms with Crippen molar-refractivity contribution in [3.8, 4) is 28.1 Å². The Hall–Kier alpha value is -3.34. The van der Waals surface area contributed by atoms with Gasteiger partial charge in [0.1, 0.15) is 17.2 Å². The number of aryl methyl sites for hydroxylation is 2. The number of methoxy groups -OCH3 is 1. The summed E-state index contributed by atoms with van der Waals surface area (Å²) in [4.78, 5) is 13.1. The molecule has 5 heteroatoms. The third-order valence-corrected chi connectivity index (χ3v) is 6.24. The first-order valence-electron chi connectivity index (χ1n) is 10.8. The van der Waals surface area contributed by atoms with E-state index < -0.39 is 0 Å². The van der Waals surface area contributed by atoms with Gasteiger partial charge in [-0.25, -0.2) is 4.39 Å². The highest BCUT2D eigenvalue weighted by Crippen LogP contribution is 2.40. The summed E-state index contributed by atoms with van der Waals surface area (Å²) in [6.07, 6.45) is 5.53. The summed E-state index contributed by atoms with van der Waals surface area (Å²) in [6.45, 7) is 2.79. The van der Waals surface area contributed by atoms with Crippen molar-refractivity contribution in [3.63, 3.8) is 0 Å². The molecule has 4 nitrogen and oxygen atoms in total. The zero-order valence-corrected chi connectivity index (χ0v) is 17.8. The van der Waals surface area contributed by atoms with Crippen LogP contribution in [0.1, 0.15) is 42.2 Å². The number of ether oxygens (including phenoxy) is 1. The molecule has 0 bridgehead atoms. The minimum Gasteiger partial charge on any atom is -0.497 e. The van der Waals surface area contributed by atoms with E-state index in [1.165, 1.54) is 17.7 Å². The van der Waals surface area contributed by atoms with Gasteiger partial charge in [0.15, 0.2) is 5.78 Å². The number of imidazole rings is 1. The molecule has 0 amide bonds. The lowest BCUT2D eigenvalue weighted by Gasteiger charge is -2.09. The van der Waals surface area contributed by atoms with Crippen LogP contribution in [0.4, 0.5) is 4.39 Å². The van der Waals surface area contributed by atoms with Crippen LogP contribution in [0, 0.1) is 5.82 Å². The number of ketones is 1. The van der Waals surface area contributed by atoms with Crippen molar-refractivity contribution < 1.29 is 13.9 Å². The highest BCUT2D eigenvalue weighted by Gasteiger charge is 2.28. The Morgan fingerprint density at radius 1 is 1.03 bits per heavy atom. The molecule has 2 aromatic carbocycles. The second-order valence-corrected chi connectivity index (χ2v) is 8.03. The predicted molar refractivity (Wildman–Crippen MR) is 120 cm³/mol. The van der Waals surface area contributed by atoms with Crippen LogP contribution in [-0.2, 0) is 13.0 Å². The first kappa shape index (κ1) is 19.6. The monoisotopic (exact) mass is 416 g/mol. The molecule has 0 N–H and O–H groups in total. The minimum atomic E-state index is -0.270. The molecular formula is C26H25FN2O2. The van der Waals surface area contributed by atoms with Crippen molar-refractivity contribution in [2.24, 2.45) is 0 Å². The molecule has 0 saturated carbocycles. The minimum absolute atomic E-state index is 0.0968. The van der Waals surface area contributed by atoms with E-state index in [9.17, 15) is 9.18 Å². The van der Waals surface area contributed by atoms with Crippen LogP contribution < -0.4 is 4.74 Å². The fraction of sp³-hybridized carbons (Fsp3) is 0.269. The van der Waals surface area contributed by atoms with Crippen LogP contribution >= 0.6 is 0 Å². The zero-order valence-electron chi connectivity index (χ0n) is 17.8. The third-order valence-electron chi connectivity index (χ3n) is 6.24. The number of carbonyl (C=O) groups excluding carboxylic acids is 1. The maximum Gasteiger partial charge on any atom is 0.179 e. The molecule has 1 aliphatic rings. The first-order valence-corrected chi connectivity index (χ1v) is 10.8. The molecule has 0 atom stereocenters. The normalized spacial score (nSPS) is 13.4. The number of hydrogen-bond donors (Lipinski definition) is 0. The van der Waals surface area contributed by atoms with Crippen LogP contribution in [0.5, 0.6) is 5.75 Å². The largest absolute Gasteiger partial charge is 0.497 e. The predicted octanol–water partition coefficient (Wildman–Crippen LogP) is 6.15. The number of nitrogens with zero attached hydrogens (tertiary/aromatic N) is 2. The molecule has 0 aliphatic carbocycles. The number of aromatic nitrogens is 2. The average molecular weight is 416 g/mol. The number of benzene rings is 2. The lowest BCUT2D eigenvalue weighted by molar-refractivity contribution is 0.0983. The Morgan fingerprint density at radius 2 is 1.74 bits per heavy atom.